The summed E-state index contributed by atoms with van der Waals surface area (Å²) in [7, 11) is 3.40. The van der Waals surface area contributed by atoms with Gasteiger partial charge in [0.1, 0.15) is 6.10 Å². The Kier molecular flexibility index (Phi) is 2.99. The van der Waals surface area contributed by atoms with E-state index in [0.717, 1.165) is 0 Å². The van der Waals surface area contributed by atoms with Gasteiger partial charge in [0.05, 0.1) is 12.0 Å². The Balaban J connectivity index is 2.28. The second kappa shape index (κ2) is 4.43. The zero-order chi connectivity index (χ0) is 11.5. The Labute approximate surface area is 95.5 Å². The maximum atomic E-state index is 11.7. The van der Waals surface area contributed by atoms with Crippen LogP contribution in [0, 0.1) is 29.6 Å². The molecule has 0 bridgehead atoms. The number of allylic oxidation sites excluding steroid dienone is 2. The number of hydrogen-bond donors (Lipinski definition) is 0. The van der Waals surface area contributed by atoms with Crippen LogP contribution >= 0.6 is 0 Å². The van der Waals surface area contributed by atoms with Crippen LogP contribution in [0.25, 0.3) is 0 Å². The fourth-order valence-corrected chi connectivity index (χ4v) is 2.09. The summed E-state index contributed by atoms with van der Waals surface area (Å²) >= 11 is 0. The molecule has 3 heteroatoms. The maximum absolute atomic E-state index is 11.7. The number of amides is 1. The summed E-state index contributed by atoms with van der Waals surface area (Å²) in [5, 5.41) is 0. The molecule has 1 aliphatic carbocycles. The number of ether oxygens (including phenoxy) is 1. The lowest BCUT2D eigenvalue weighted by molar-refractivity contribution is -0.159. The number of methoxy groups -OCH3 is 1. The number of nitrogens with zero attached hydrogens (tertiary/aromatic N) is 1. The lowest BCUT2D eigenvalue weighted by Gasteiger charge is -2.46. The van der Waals surface area contributed by atoms with E-state index < -0.39 is 0 Å². The molecule has 1 heterocycles. The molecule has 1 saturated heterocycles. The van der Waals surface area contributed by atoms with E-state index in [9.17, 15) is 4.79 Å². The van der Waals surface area contributed by atoms with Gasteiger partial charge < -0.3 is 9.64 Å². The Morgan fingerprint density at radius 1 is 1.44 bits per heavy atom. The highest BCUT2D eigenvalue weighted by molar-refractivity contribution is 5.86. The first-order valence-electron chi connectivity index (χ1n) is 5.19. The van der Waals surface area contributed by atoms with E-state index in [1.165, 1.54) is 0 Å². The van der Waals surface area contributed by atoms with Crippen molar-refractivity contribution in [3.8, 4) is 23.7 Å². The first-order chi connectivity index (χ1) is 7.75. The minimum absolute atomic E-state index is 0.0331. The standard InChI is InChI=1S/C13H13NO2/c1-14-12-10(13(14)15)8-6-4-3-5-7-9-11(12)16-2/h3,5,10-12H,8H2,1-2H3/b5-3-/t10-,11?,12+/m1/s1. The van der Waals surface area contributed by atoms with Crippen molar-refractivity contribution in [1.29, 1.82) is 0 Å². The zero-order valence-electron chi connectivity index (χ0n) is 9.36. The van der Waals surface area contributed by atoms with Crippen molar-refractivity contribution in [3.05, 3.63) is 12.2 Å². The molecule has 3 atom stereocenters. The number of carbonyl (C=O) groups excluding carboxylic acids is 1. The molecule has 0 spiro atoms. The highest BCUT2D eigenvalue weighted by Crippen LogP contribution is 2.31. The Morgan fingerprint density at radius 3 is 2.94 bits per heavy atom. The molecule has 82 valence electrons. The predicted molar refractivity (Wildman–Crippen MR) is 60.2 cm³/mol. The van der Waals surface area contributed by atoms with Gasteiger partial charge in [0.15, 0.2) is 0 Å². The maximum Gasteiger partial charge on any atom is 0.229 e. The van der Waals surface area contributed by atoms with Gasteiger partial charge in [-0.1, -0.05) is 23.7 Å². The van der Waals surface area contributed by atoms with Gasteiger partial charge in [-0.2, -0.15) is 0 Å². The normalized spacial score (nSPS) is 33.5. The molecule has 0 radical (unpaired) electrons. The summed E-state index contributed by atoms with van der Waals surface area (Å²) in [6, 6.07) is 0.0331. The SMILES string of the molecule is COC1C#C/C=C\C#CC[C@H]2C(=O)N(C)[C@H]12. The number of carbonyl (C=O) groups is 1. The van der Waals surface area contributed by atoms with E-state index in [2.05, 4.69) is 23.7 Å². The van der Waals surface area contributed by atoms with Crippen LogP contribution in [0.2, 0.25) is 0 Å². The van der Waals surface area contributed by atoms with Crippen LogP contribution < -0.4 is 0 Å². The Morgan fingerprint density at radius 2 is 2.19 bits per heavy atom. The summed E-state index contributed by atoms with van der Waals surface area (Å²) < 4.78 is 5.33. The van der Waals surface area contributed by atoms with Crippen LogP contribution in [-0.2, 0) is 9.53 Å². The molecule has 2 rings (SSSR count). The van der Waals surface area contributed by atoms with Crippen LogP contribution in [0.4, 0.5) is 0 Å². The summed E-state index contributed by atoms with van der Waals surface area (Å²) in [5.41, 5.74) is 0. The summed E-state index contributed by atoms with van der Waals surface area (Å²) in [6.45, 7) is 0. The van der Waals surface area contributed by atoms with Crippen LogP contribution in [0.3, 0.4) is 0 Å². The predicted octanol–water partition coefficient (Wildman–Crippen LogP) is 0.425. The van der Waals surface area contributed by atoms with Crippen molar-refractivity contribution in [3.63, 3.8) is 0 Å². The largest absolute Gasteiger partial charge is 0.367 e. The van der Waals surface area contributed by atoms with E-state index >= 15 is 0 Å². The molecule has 0 N–H and O–H groups in total. The lowest BCUT2D eigenvalue weighted by atomic mass is 9.82. The van der Waals surface area contributed by atoms with E-state index in [1.54, 1.807) is 31.2 Å². The zero-order valence-corrected chi connectivity index (χ0v) is 9.36. The summed E-state index contributed by atoms with van der Waals surface area (Å²) in [5.74, 6) is 11.8. The van der Waals surface area contributed by atoms with Crippen molar-refractivity contribution in [2.75, 3.05) is 14.2 Å². The first kappa shape index (κ1) is 10.8. The molecule has 1 aliphatic heterocycles. The molecule has 1 amide bonds. The van der Waals surface area contributed by atoms with Gasteiger partial charge in [0, 0.05) is 20.6 Å². The highest BCUT2D eigenvalue weighted by Gasteiger charge is 2.48. The average Bonchev–Trinajstić information content (AvgIpc) is 2.33. The summed E-state index contributed by atoms with van der Waals surface area (Å²) in [4.78, 5) is 13.4. The fourth-order valence-electron chi connectivity index (χ4n) is 2.09. The molecule has 0 aromatic rings. The third-order valence-corrected chi connectivity index (χ3v) is 2.99. The van der Waals surface area contributed by atoms with Gasteiger partial charge in [0.25, 0.3) is 0 Å². The first-order valence-corrected chi connectivity index (χ1v) is 5.19. The fraction of sp³-hybridized carbons (Fsp3) is 0.462. The quantitative estimate of drug-likeness (QED) is 0.469. The molecule has 0 saturated carbocycles. The third-order valence-electron chi connectivity index (χ3n) is 2.99. The van der Waals surface area contributed by atoms with Crippen LogP contribution in [0.15, 0.2) is 12.2 Å². The molecular formula is C13H13NO2. The van der Waals surface area contributed by atoms with Crippen molar-refractivity contribution in [2.24, 2.45) is 5.92 Å². The number of fused-ring (bicyclic) bond motifs is 1. The average molecular weight is 215 g/mol. The van der Waals surface area contributed by atoms with Gasteiger partial charge in [0.2, 0.25) is 5.91 Å². The molecular weight excluding hydrogens is 202 g/mol. The number of likely N-dealkylation sites (N-methyl/N-ethyl adjacent to an activating group) is 1. The number of rotatable bonds is 1. The van der Waals surface area contributed by atoms with E-state index in [-0.39, 0.29) is 24.0 Å². The summed E-state index contributed by atoms with van der Waals surface area (Å²) in [6.07, 6.45) is 3.77. The highest BCUT2D eigenvalue weighted by atomic mass is 16.5. The van der Waals surface area contributed by atoms with Gasteiger partial charge in [-0.15, -0.1) is 0 Å². The van der Waals surface area contributed by atoms with Crippen LogP contribution in [-0.4, -0.2) is 37.1 Å². The molecule has 3 nitrogen and oxygen atoms in total. The van der Waals surface area contributed by atoms with Crippen molar-refractivity contribution >= 4 is 5.91 Å². The Bertz CT molecular complexity index is 444. The minimum Gasteiger partial charge on any atom is -0.367 e. The molecule has 1 unspecified atom stereocenters. The van der Waals surface area contributed by atoms with Gasteiger partial charge >= 0.3 is 0 Å². The molecule has 2 aliphatic rings. The van der Waals surface area contributed by atoms with Crippen molar-refractivity contribution < 1.29 is 9.53 Å². The van der Waals surface area contributed by atoms with Crippen molar-refractivity contribution in [1.82, 2.24) is 4.90 Å². The van der Waals surface area contributed by atoms with E-state index in [0.29, 0.717) is 6.42 Å². The third kappa shape index (κ3) is 1.71. The number of likely N-dealkylation sites (tertiary alicyclic amines) is 1. The lowest BCUT2D eigenvalue weighted by Crippen LogP contribution is -2.63. The van der Waals surface area contributed by atoms with E-state index in [1.807, 2.05) is 0 Å². The molecule has 1 fully saturated rings. The molecule has 16 heavy (non-hydrogen) atoms. The molecule has 0 aromatic heterocycles. The second-order valence-electron chi connectivity index (χ2n) is 3.85. The monoisotopic (exact) mass is 215 g/mol. The van der Waals surface area contributed by atoms with Gasteiger partial charge in [-0.05, 0) is 12.2 Å². The minimum atomic E-state index is -0.225. The van der Waals surface area contributed by atoms with Crippen LogP contribution in [0.1, 0.15) is 6.42 Å². The molecule has 0 aromatic carbocycles. The van der Waals surface area contributed by atoms with E-state index in [4.69, 9.17) is 4.74 Å². The topological polar surface area (TPSA) is 29.5 Å². The number of hydrogen-bond acceptors (Lipinski definition) is 2. The van der Waals surface area contributed by atoms with Gasteiger partial charge in [-0.3, -0.25) is 4.79 Å². The smallest absolute Gasteiger partial charge is 0.229 e. The second-order valence-corrected chi connectivity index (χ2v) is 3.85. The van der Waals surface area contributed by atoms with Crippen LogP contribution in [0.5, 0.6) is 0 Å². The van der Waals surface area contributed by atoms with Crippen molar-refractivity contribution in [2.45, 2.75) is 18.6 Å². The Hall–Kier alpha value is -1.71. The number of β-lactam (4-membered cyclic amide) rings is 1. The van der Waals surface area contributed by atoms with Gasteiger partial charge in [-0.25, -0.2) is 0 Å².